The molecule has 0 bridgehead atoms. The van der Waals surface area contributed by atoms with E-state index in [9.17, 15) is 5.11 Å². The largest absolute Gasteiger partial charge is 0.483 e. The van der Waals surface area contributed by atoms with Crippen molar-refractivity contribution in [2.75, 3.05) is 0 Å². The predicted octanol–water partition coefficient (Wildman–Crippen LogP) is 2.01. The lowest BCUT2D eigenvalue weighted by Gasteiger charge is -2.10. The highest BCUT2D eigenvalue weighted by Crippen LogP contribution is 2.24. The van der Waals surface area contributed by atoms with E-state index in [-0.39, 0.29) is 13.2 Å². The number of hydrogen-bond donors (Lipinski definition) is 1. The average Bonchev–Trinajstić information content (AvgIpc) is 2.85. The van der Waals surface area contributed by atoms with Crippen LogP contribution in [-0.4, -0.2) is 15.2 Å². The van der Waals surface area contributed by atoms with Crippen molar-refractivity contribution >= 4 is 0 Å². The molecule has 2 rings (SSSR count). The first kappa shape index (κ1) is 12.6. The molecule has 1 N–H and O–H groups in total. The Morgan fingerprint density at radius 3 is 2.89 bits per heavy atom. The van der Waals surface area contributed by atoms with E-state index in [1.54, 1.807) is 0 Å². The fraction of sp³-hybridized carbons (Fsp3) is 0.385. The van der Waals surface area contributed by atoms with Crippen molar-refractivity contribution in [2.45, 2.75) is 33.5 Å². The Morgan fingerprint density at radius 1 is 1.39 bits per heavy atom. The topological polar surface area (TPSA) is 68.4 Å². The molecule has 0 saturated heterocycles. The maximum Gasteiger partial charge on any atom is 0.264 e. The minimum atomic E-state index is -0.0545. The van der Waals surface area contributed by atoms with Gasteiger partial charge in [-0.05, 0) is 12.5 Å². The summed E-state index contributed by atoms with van der Waals surface area (Å²) in [7, 11) is 0. The number of rotatable bonds is 5. The third kappa shape index (κ3) is 2.68. The molecule has 18 heavy (non-hydrogen) atoms. The Bertz CT molecular complexity index is 523. The van der Waals surface area contributed by atoms with E-state index in [2.05, 4.69) is 10.1 Å². The van der Waals surface area contributed by atoms with E-state index >= 15 is 0 Å². The van der Waals surface area contributed by atoms with Crippen LogP contribution in [0.15, 0.2) is 22.7 Å². The van der Waals surface area contributed by atoms with Crippen LogP contribution < -0.4 is 4.74 Å². The van der Waals surface area contributed by atoms with Crippen molar-refractivity contribution in [1.82, 2.24) is 10.1 Å². The van der Waals surface area contributed by atoms with Crippen LogP contribution in [0, 0.1) is 6.92 Å². The molecule has 0 unspecified atom stereocenters. The second-order valence-electron chi connectivity index (χ2n) is 3.97. The first-order valence-electron chi connectivity index (χ1n) is 5.88. The number of aliphatic hydroxyl groups is 1. The summed E-state index contributed by atoms with van der Waals surface area (Å²) in [6.45, 7) is 4.05. The molecule has 0 spiro atoms. The molecule has 0 saturated carbocycles. The van der Waals surface area contributed by atoms with Gasteiger partial charge in [0.1, 0.15) is 5.75 Å². The maximum absolute atomic E-state index is 9.25. The van der Waals surface area contributed by atoms with Crippen LogP contribution >= 0.6 is 0 Å². The quantitative estimate of drug-likeness (QED) is 0.876. The Hall–Kier alpha value is -1.88. The molecule has 5 nitrogen and oxygen atoms in total. The van der Waals surface area contributed by atoms with Crippen LogP contribution in [0.3, 0.4) is 0 Å². The number of ether oxygens (including phenoxy) is 1. The Morgan fingerprint density at radius 2 is 2.22 bits per heavy atom. The lowest BCUT2D eigenvalue weighted by molar-refractivity contribution is 0.227. The van der Waals surface area contributed by atoms with Gasteiger partial charge in [0, 0.05) is 12.0 Å². The molecule has 0 aliphatic heterocycles. The molecular formula is C13H16N2O3. The van der Waals surface area contributed by atoms with E-state index < -0.39 is 0 Å². The summed E-state index contributed by atoms with van der Waals surface area (Å²) < 4.78 is 10.7. The van der Waals surface area contributed by atoms with Gasteiger partial charge >= 0.3 is 0 Å². The van der Waals surface area contributed by atoms with E-state index in [0.29, 0.717) is 17.5 Å². The molecular weight excluding hydrogens is 232 g/mol. The van der Waals surface area contributed by atoms with Crippen molar-refractivity contribution in [3.8, 4) is 5.75 Å². The summed E-state index contributed by atoms with van der Waals surface area (Å²) >= 11 is 0. The summed E-state index contributed by atoms with van der Waals surface area (Å²) in [6.07, 6.45) is 0.732. The molecule has 1 heterocycles. The lowest BCUT2D eigenvalue weighted by atomic mass is 10.1. The van der Waals surface area contributed by atoms with Crippen LogP contribution in [0.1, 0.15) is 29.8 Å². The number of aryl methyl sites for hydroxylation is 2. The van der Waals surface area contributed by atoms with Crippen LogP contribution in [0.25, 0.3) is 0 Å². The minimum absolute atomic E-state index is 0.0545. The summed E-state index contributed by atoms with van der Waals surface area (Å²) in [6, 6.07) is 5.64. The number of benzene rings is 1. The van der Waals surface area contributed by atoms with Crippen molar-refractivity contribution in [3.05, 3.63) is 41.0 Å². The first-order chi connectivity index (χ1) is 8.74. The van der Waals surface area contributed by atoms with Gasteiger partial charge in [-0.2, -0.15) is 4.98 Å². The van der Waals surface area contributed by atoms with E-state index in [1.165, 1.54) is 0 Å². The maximum atomic E-state index is 9.25. The number of aromatic nitrogens is 2. The third-order valence-corrected chi connectivity index (χ3v) is 2.63. The molecule has 96 valence electrons. The molecule has 0 aliphatic rings. The molecule has 0 fully saturated rings. The molecule has 0 amide bonds. The van der Waals surface area contributed by atoms with Crippen LogP contribution in [0.2, 0.25) is 0 Å². The predicted molar refractivity (Wildman–Crippen MR) is 65.1 cm³/mol. The number of aliphatic hydroxyl groups excluding tert-OH is 1. The molecule has 0 aliphatic carbocycles. The van der Waals surface area contributed by atoms with Crippen molar-refractivity contribution in [2.24, 2.45) is 0 Å². The van der Waals surface area contributed by atoms with Crippen molar-refractivity contribution < 1.29 is 14.4 Å². The zero-order chi connectivity index (χ0) is 13.0. The SMILES string of the molecule is CCc1noc(COc2c(C)cccc2CO)n1. The summed E-state index contributed by atoms with van der Waals surface area (Å²) in [5, 5.41) is 13.0. The van der Waals surface area contributed by atoms with Gasteiger partial charge in [-0.1, -0.05) is 30.3 Å². The molecule has 0 radical (unpaired) electrons. The Kier molecular flexibility index (Phi) is 3.94. The standard InChI is InChI=1S/C13H16N2O3/c1-3-11-14-12(18-15-11)8-17-13-9(2)5-4-6-10(13)7-16/h4-6,16H,3,7-8H2,1-2H3. The van der Waals surface area contributed by atoms with Crippen molar-refractivity contribution in [1.29, 1.82) is 0 Å². The fourth-order valence-electron chi connectivity index (χ4n) is 1.67. The third-order valence-electron chi connectivity index (χ3n) is 2.63. The Balaban J connectivity index is 2.10. The summed E-state index contributed by atoms with van der Waals surface area (Å²) in [5.74, 6) is 1.79. The summed E-state index contributed by atoms with van der Waals surface area (Å²) in [5.41, 5.74) is 1.72. The molecule has 2 aromatic rings. The van der Waals surface area contributed by atoms with Crippen LogP contribution in [-0.2, 0) is 19.6 Å². The molecule has 1 aromatic carbocycles. The minimum Gasteiger partial charge on any atom is -0.483 e. The monoisotopic (exact) mass is 248 g/mol. The smallest absolute Gasteiger partial charge is 0.264 e. The molecule has 5 heteroatoms. The van der Waals surface area contributed by atoms with Gasteiger partial charge in [-0.15, -0.1) is 0 Å². The van der Waals surface area contributed by atoms with E-state index in [0.717, 1.165) is 17.5 Å². The van der Waals surface area contributed by atoms with Gasteiger partial charge in [-0.3, -0.25) is 0 Å². The normalized spacial score (nSPS) is 10.6. The number of hydrogen-bond acceptors (Lipinski definition) is 5. The van der Waals surface area contributed by atoms with Crippen molar-refractivity contribution in [3.63, 3.8) is 0 Å². The lowest BCUT2D eigenvalue weighted by Crippen LogP contribution is -2.01. The molecule has 0 atom stereocenters. The second kappa shape index (κ2) is 5.64. The van der Waals surface area contributed by atoms with Gasteiger partial charge < -0.3 is 14.4 Å². The highest BCUT2D eigenvalue weighted by Gasteiger charge is 2.09. The fourth-order valence-corrected chi connectivity index (χ4v) is 1.67. The average molecular weight is 248 g/mol. The van der Waals surface area contributed by atoms with Gasteiger partial charge in [0.05, 0.1) is 6.61 Å². The summed E-state index contributed by atoms with van der Waals surface area (Å²) in [4.78, 5) is 4.16. The van der Waals surface area contributed by atoms with Gasteiger partial charge in [0.15, 0.2) is 12.4 Å². The van der Waals surface area contributed by atoms with E-state index in [1.807, 2.05) is 32.0 Å². The molecule has 1 aromatic heterocycles. The number of para-hydroxylation sites is 1. The van der Waals surface area contributed by atoms with Gasteiger partial charge in [0.25, 0.3) is 5.89 Å². The van der Waals surface area contributed by atoms with Crippen LogP contribution in [0.5, 0.6) is 5.75 Å². The van der Waals surface area contributed by atoms with E-state index in [4.69, 9.17) is 9.26 Å². The van der Waals surface area contributed by atoms with Gasteiger partial charge in [0.2, 0.25) is 0 Å². The Labute approximate surface area is 105 Å². The first-order valence-corrected chi connectivity index (χ1v) is 5.88. The van der Waals surface area contributed by atoms with Gasteiger partial charge in [-0.25, -0.2) is 0 Å². The highest BCUT2D eigenvalue weighted by atomic mass is 16.5. The van der Waals surface area contributed by atoms with Crippen LogP contribution in [0.4, 0.5) is 0 Å². The number of nitrogens with zero attached hydrogens (tertiary/aromatic N) is 2. The zero-order valence-corrected chi connectivity index (χ0v) is 10.5. The highest BCUT2D eigenvalue weighted by molar-refractivity contribution is 5.40. The second-order valence-corrected chi connectivity index (χ2v) is 3.97. The zero-order valence-electron chi connectivity index (χ0n) is 10.5.